The highest BCUT2D eigenvalue weighted by atomic mass is 32.2. The van der Waals surface area contributed by atoms with Crippen LogP contribution in [0.1, 0.15) is 150 Å². The number of hydrogen-bond donors (Lipinski definition) is 4. The van der Waals surface area contributed by atoms with Gasteiger partial charge in [0.25, 0.3) is 11.3 Å². The van der Waals surface area contributed by atoms with Gasteiger partial charge in [0.15, 0.2) is 0 Å². The molecule has 4 aromatic carbocycles. The molecule has 2 heterocycles. The second-order valence-corrected chi connectivity index (χ2v) is 27.3. The van der Waals surface area contributed by atoms with Gasteiger partial charge >= 0.3 is 65.4 Å². The van der Waals surface area contributed by atoms with Crippen LogP contribution in [0.4, 0.5) is 71.9 Å². The Bertz CT molecular complexity index is 3290. The average molecular weight is 1450 g/mol. The number of aliphatic hydroxyl groups is 1. The lowest BCUT2D eigenvalue weighted by atomic mass is 10.0. The Morgan fingerprint density at radius 3 is 1.15 bits per heavy atom. The molecule has 0 spiro atoms. The molecule has 20 nitrogen and oxygen atoms in total. The number of nitrogens with zero attached hydrogens (tertiary/aromatic N) is 2. The number of nitrogens with one attached hydrogen (secondary N) is 2. The normalized spacial score (nSPS) is 16.9. The van der Waals surface area contributed by atoms with Crippen LogP contribution in [0.15, 0.2) is 97.1 Å². The summed E-state index contributed by atoms with van der Waals surface area (Å²) in [5.74, 6) is -1.31. The van der Waals surface area contributed by atoms with Gasteiger partial charge in [0, 0.05) is 6.42 Å². The number of halogens is 12. The first-order valence-corrected chi connectivity index (χ1v) is 30.5. The number of carbonyl (C=O) groups excluding carboxylic acids is 4. The van der Waals surface area contributed by atoms with Gasteiger partial charge in [0.05, 0.1) is 60.2 Å². The highest BCUT2D eigenvalue weighted by Gasteiger charge is 2.45. The van der Waals surface area contributed by atoms with Gasteiger partial charge in [-0.1, -0.05) is 70.8 Å². The zero-order chi connectivity index (χ0) is 72.0. The van der Waals surface area contributed by atoms with Gasteiger partial charge in [-0.15, -0.1) is 0 Å². The molecular weight excluding hydrogens is 1360 g/mol. The Morgan fingerprint density at radius 1 is 0.505 bits per heavy atom. The number of carboxylic acid groups (broad SMARTS) is 1. The number of ether oxygens (including phenoxy) is 4. The van der Waals surface area contributed by atoms with Crippen molar-refractivity contribution < 1.29 is 127 Å². The van der Waals surface area contributed by atoms with E-state index in [-0.39, 0.29) is 67.8 Å². The Balaban J connectivity index is 0.00000126. The number of carbonyl (C=O) groups is 5. The van der Waals surface area contributed by atoms with E-state index in [1.54, 1.807) is 83.1 Å². The monoisotopic (exact) mass is 1450 g/mol. The van der Waals surface area contributed by atoms with E-state index in [4.69, 9.17) is 28.2 Å². The molecule has 2 aliphatic rings. The lowest BCUT2D eigenvalue weighted by Gasteiger charge is -2.26. The highest BCUT2D eigenvalue weighted by molar-refractivity contribution is 7.85. The van der Waals surface area contributed by atoms with Crippen molar-refractivity contribution in [1.29, 1.82) is 0 Å². The molecule has 2 saturated heterocycles. The zero-order valence-corrected chi connectivity index (χ0v) is 54.5. The maximum atomic E-state index is 12.6. The van der Waals surface area contributed by atoms with Gasteiger partial charge in [-0.3, -0.25) is 8.37 Å². The van der Waals surface area contributed by atoms with Gasteiger partial charge in [-0.25, -0.2) is 28.2 Å². The third kappa shape index (κ3) is 32.2. The number of hydrogen-bond acceptors (Lipinski definition) is 15. The number of carboxylic acids is 1. The summed E-state index contributed by atoms with van der Waals surface area (Å²) in [6.45, 7) is 19.1. The SMILES string of the molecule is C.C.C.CC(C)(C)OC(=O)N1[C@@H](Cc2ccc(C(F)(F)F)cc2)COS1(=O)=O.CC(C)(C)OC(=O)N1[C@@H](Cc2ccc(C(F)(F)F)cc2)COS1=O.CC(C)(C)OC(=O)N[C@@H](Cc1ccc(C(F)(F)F)cc1)C(=O)O.CC(C)(C)OC(=O)N[C@H](CO)Cc1ccc(C(F)(F)F)cc1. The van der Waals surface area contributed by atoms with E-state index >= 15 is 0 Å². The van der Waals surface area contributed by atoms with E-state index in [9.17, 15) is 94.4 Å². The van der Waals surface area contributed by atoms with Gasteiger partial charge in [0.1, 0.15) is 28.4 Å². The highest BCUT2D eigenvalue weighted by Crippen LogP contribution is 2.34. The van der Waals surface area contributed by atoms with Crippen LogP contribution >= 0.6 is 0 Å². The van der Waals surface area contributed by atoms with E-state index in [2.05, 4.69) is 14.8 Å². The first kappa shape index (κ1) is 89.6. The second kappa shape index (κ2) is 35.9. The molecule has 0 radical (unpaired) electrons. The van der Waals surface area contributed by atoms with E-state index in [1.807, 2.05) is 0 Å². The summed E-state index contributed by atoms with van der Waals surface area (Å²) in [5.41, 5.74) is -4.32. The van der Waals surface area contributed by atoms with Crippen LogP contribution in [0.3, 0.4) is 0 Å². The maximum absolute atomic E-state index is 12.6. The Hall–Kier alpha value is -7.43. The minimum absolute atomic E-state index is 0. The standard InChI is InChI=1S/C15H18F3NO5S.C15H18F3NO4S.C15H18F3NO4.C15H20F3NO3.3CH4/c1-14(2,3)24-13(20)19-12(9-23-25(19,21)22)8-10-4-6-11(7-5-10)15(16,17)18;1-14(2,3)23-13(20)19-12(9-22-24(19)21)8-10-4-6-11(7-5-10)15(16,17)18;1-14(2,3)23-13(22)19-11(12(20)21)8-9-4-6-10(7-5-9)15(16,17)18;1-14(2,3)22-13(21)19-12(9-20)8-10-4-6-11(7-5-10)15(16,17)18;;;/h4-7,12H,8-9H2,1-3H3;4-7,12H,8-9H2,1-3H3;4-7,11H,8H2,1-3H3,(H,19,22)(H,20,21);4-7,12,20H,8-9H2,1-3H3,(H,19,21);3*1H4/t12-;12-,24?;11-;12-;;;/m0000.../s1. The molecule has 1 unspecified atom stereocenters. The van der Waals surface area contributed by atoms with Gasteiger partial charge < -0.3 is 39.8 Å². The molecule has 2 aliphatic heterocycles. The van der Waals surface area contributed by atoms with Crippen LogP contribution in [0.2, 0.25) is 0 Å². The summed E-state index contributed by atoms with van der Waals surface area (Å²) >= 11 is -1.97. The largest absolute Gasteiger partial charge is 0.480 e. The third-order valence-corrected chi connectivity index (χ3v) is 14.4. The number of alkyl halides is 12. The molecule has 0 aromatic heterocycles. The lowest BCUT2D eigenvalue weighted by Crippen LogP contribution is -2.44. The van der Waals surface area contributed by atoms with E-state index in [0.29, 0.717) is 26.6 Å². The quantitative estimate of drug-likeness (QED) is 0.0759. The van der Waals surface area contributed by atoms with E-state index in [0.717, 1.165) is 52.8 Å². The molecule has 34 heteroatoms. The van der Waals surface area contributed by atoms with Crippen LogP contribution in [0.25, 0.3) is 0 Å². The fourth-order valence-corrected chi connectivity index (χ4v) is 9.96. The summed E-state index contributed by atoms with van der Waals surface area (Å²) in [7, 11) is -4.28. The van der Waals surface area contributed by atoms with Crippen molar-refractivity contribution in [3.63, 3.8) is 0 Å². The molecule has 0 aliphatic carbocycles. The van der Waals surface area contributed by atoms with Crippen molar-refractivity contribution >= 4 is 51.9 Å². The van der Waals surface area contributed by atoms with Crippen molar-refractivity contribution in [2.45, 2.75) is 202 Å². The number of rotatable bonds is 12. The summed E-state index contributed by atoms with van der Waals surface area (Å²) in [6.07, 6.45) is -20.9. The topological polar surface area (TPSA) is 263 Å². The Morgan fingerprint density at radius 2 is 0.825 bits per heavy atom. The van der Waals surface area contributed by atoms with Crippen LogP contribution in [-0.2, 0) is 104 Å². The number of aliphatic hydroxyl groups excluding tert-OH is 1. The molecule has 6 rings (SSSR count). The summed E-state index contributed by atoms with van der Waals surface area (Å²) in [6, 6.07) is 14.1. The predicted molar refractivity (Wildman–Crippen MR) is 335 cm³/mol. The molecule has 550 valence electrons. The maximum Gasteiger partial charge on any atom is 0.426 e. The smallest absolute Gasteiger partial charge is 0.426 e. The molecule has 2 fully saturated rings. The molecule has 5 atom stereocenters. The van der Waals surface area contributed by atoms with Gasteiger partial charge in [-0.2, -0.15) is 69.7 Å². The summed E-state index contributed by atoms with van der Waals surface area (Å²) in [4.78, 5) is 58.7. The van der Waals surface area contributed by atoms with Crippen molar-refractivity contribution in [3.05, 3.63) is 142 Å². The predicted octanol–water partition coefficient (Wildman–Crippen LogP) is 14.9. The summed E-state index contributed by atoms with van der Waals surface area (Å²) < 4.78 is 217. The molecule has 0 bridgehead atoms. The number of benzene rings is 4. The van der Waals surface area contributed by atoms with Crippen molar-refractivity contribution in [2.75, 3.05) is 19.8 Å². The Labute approximate surface area is 559 Å². The molecule has 4 aromatic rings. The Kier molecular flexibility index (Phi) is 33.1. The number of aliphatic carboxylic acids is 1. The lowest BCUT2D eigenvalue weighted by molar-refractivity contribution is -0.140. The zero-order valence-electron chi connectivity index (χ0n) is 52.9. The third-order valence-electron chi connectivity index (χ3n) is 11.9. The van der Waals surface area contributed by atoms with Crippen LogP contribution in [0.5, 0.6) is 0 Å². The van der Waals surface area contributed by atoms with Crippen molar-refractivity contribution in [3.8, 4) is 0 Å². The van der Waals surface area contributed by atoms with E-state index in [1.165, 1.54) is 48.5 Å². The molecular formula is C63H86F12N4O16S2. The minimum Gasteiger partial charge on any atom is -0.480 e. The first-order valence-electron chi connectivity index (χ1n) is 28.1. The minimum atomic E-state index is -4.46. The van der Waals surface area contributed by atoms with Crippen molar-refractivity contribution in [2.24, 2.45) is 0 Å². The molecule has 4 amide bonds. The average Bonchev–Trinajstić information content (AvgIpc) is 1.67. The fraction of sp³-hybridized carbons (Fsp3) is 0.540. The van der Waals surface area contributed by atoms with Crippen LogP contribution in [0, 0.1) is 0 Å². The fourth-order valence-electron chi connectivity index (χ4n) is 7.87. The second-order valence-electron chi connectivity index (χ2n) is 24.8. The van der Waals surface area contributed by atoms with Crippen LogP contribution in [-0.4, -0.2) is 128 Å². The molecule has 97 heavy (non-hydrogen) atoms. The van der Waals surface area contributed by atoms with Gasteiger partial charge in [0.2, 0.25) is 0 Å². The van der Waals surface area contributed by atoms with Crippen LogP contribution < -0.4 is 10.6 Å². The summed E-state index contributed by atoms with van der Waals surface area (Å²) in [5, 5.41) is 23.1. The van der Waals surface area contributed by atoms with Crippen molar-refractivity contribution in [1.82, 2.24) is 19.2 Å². The van der Waals surface area contributed by atoms with Gasteiger partial charge in [-0.05, 0) is 173 Å². The molecule has 4 N–H and O–H groups in total. The number of amides is 4. The number of alkyl carbamates (subject to hydrolysis) is 2. The molecule has 0 saturated carbocycles. The van der Waals surface area contributed by atoms with E-state index < -0.39 is 145 Å². The first-order chi connectivity index (χ1) is 42.7.